The number of carboxylic acid groups (broad SMARTS) is 1. The molecule has 2 N–H and O–H groups in total. The van der Waals surface area contributed by atoms with Crippen molar-refractivity contribution >= 4 is 5.97 Å². The molecular weight excluding hydrogens is 252 g/mol. The summed E-state index contributed by atoms with van der Waals surface area (Å²) in [5.74, 6) is -1.34. The van der Waals surface area contributed by atoms with Crippen molar-refractivity contribution in [2.75, 3.05) is 6.61 Å². The van der Waals surface area contributed by atoms with Crippen LogP contribution in [-0.4, -0.2) is 22.8 Å². The van der Waals surface area contributed by atoms with Crippen LogP contribution >= 0.6 is 0 Å². The monoisotopic (exact) mass is 270 g/mol. The number of hydrogen-bond acceptors (Lipinski definition) is 2. The number of rotatable bonds is 6. The zero-order chi connectivity index (χ0) is 14.4. The highest BCUT2D eigenvalue weighted by Crippen LogP contribution is 2.33. The van der Waals surface area contributed by atoms with Crippen LogP contribution in [0, 0.1) is 5.92 Å². The zero-order valence-electron chi connectivity index (χ0n) is 11.1. The highest BCUT2D eigenvalue weighted by molar-refractivity contribution is 5.67. The van der Waals surface area contributed by atoms with Crippen molar-refractivity contribution in [3.63, 3.8) is 0 Å². The molecular formula is C17H18O3. The van der Waals surface area contributed by atoms with Crippen LogP contribution in [0.1, 0.15) is 23.5 Å². The Morgan fingerprint density at radius 2 is 1.35 bits per heavy atom. The van der Waals surface area contributed by atoms with Crippen molar-refractivity contribution in [2.45, 2.75) is 12.3 Å². The van der Waals surface area contributed by atoms with Crippen LogP contribution in [-0.2, 0) is 4.79 Å². The summed E-state index contributed by atoms with van der Waals surface area (Å²) in [7, 11) is 0. The standard InChI is InChI=1S/C17H18O3/c18-12-15(11-16(19)20)17(13-7-3-1-4-8-13)14-9-5-2-6-10-14/h1-10,15,17-18H,11-12H2,(H,19,20). The molecule has 0 amide bonds. The quantitative estimate of drug-likeness (QED) is 0.848. The third-order valence-electron chi connectivity index (χ3n) is 3.46. The van der Waals surface area contributed by atoms with E-state index in [2.05, 4.69) is 0 Å². The first-order chi connectivity index (χ1) is 9.72. The van der Waals surface area contributed by atoms with Crippen molar-refractivity contribution < 1.29 is 15.0 Å². The third-order valence-corrected chi connectivity index (χ3v) is 3.46. The van der Waals surface area contributed by atoms with E-state index < -0.39 is 5.97 Å². The molecule has 0 saturated heterocycles. The molecule has 0 aliphatic heterocycles. The Bertz CT molecular complexity index is 497. The van der Waals surface area contributed by atoms with E-state index in [9.17, 15) is 9.90 Å². The number of aliphatic hydroxyl groups is 1. The lowest BCUT2D eigenvalue weighted by molar-refractivity contribution is -0.138. The van der Waals surface area contributed by atoms with Gasteiger partial charge in [0.2, 0.25) is 0 Å². The molecule has 2 aromatic rings. The smallest absolute Gasteiger partial charge is 0.303 e. The number of benzene rings is 2. The lowest BCUT2D eigenvalue weighted by Crippen LogP contribution is -2.21. The van der Waals surface area contributed by atoms with Gasteiger partial charge >= 0.3 is 5.97 Å². The fourth-order valence-corrected chi connectivity index (χ4v) is 2.57. The van der Waals surface area contributed by atoms with Crippen LogP contribution in [0.2, 0.25) is 0 Å². The van der Waals surface area contributed by atoms with Crippen LogP contribution in [0.25, 0.3) is 0 Å². The first-order valence-corrected chi connectivity index (χ1v) is 6.65. The van der Waals surface area contributed by atoms with Crippen molar-refractivity contribution in [3.05, 3.63) is 71.8 Å². The Balaban J connectivity index is 2.41. The van der Waals surface area contributed by atoms with Crippen molar-refractivity contribution in [1.29, 1.82) is 0 Å². The Kier molecular flexibility index (Phi) is 4.91. The molecule has 1 unspecified atom stereocenters. The number of aliphatic hydroxyl groups excluding tert-OH is 1. The maximum Gasteiger partial charge on any atom is 0.303 e. The predicted molar refractivity (Wildman–Crippen MR) is 77.6 cm³/mol. The van der Waals surface area contributed by atoms with Crippen LogP contribution in [0.15, 0.2) is 60.7 Å². The average Bonchev–Trinajstić information content (AvgIpc) is 2.48. The topological polar surface area (TPSA) is 57.5 Å². The fourth-order valence-electron chi connectivity index (χ4n) is 2.57. The molecule has 0 aliphatic carbocycles. The van der Waals surface area contributed by atoms with Crippen LogP contribution in [0.4, 0.5) is 0 Å². The van der Waals surface area contributed by atoms with Crippen LogP contribution < -0.4 is 0 Å². The van der Waals surface area contributed by atoms with Crippen molar-refractivity contribution in [2.24, 2.45) is 5.92 Å². The van der Waals surface area contributed by atoms with Gasteiger partial charge in [-0.05, 0) is 11.1 Å². The number of carboxylic acids is 1. The van der Waals surface area contributed by atoms with E-state index in [0.29, 0.717) is 0 Å². The lowest BCUT2D eigenvalue weighted by atomic mass is 9.79. The Labute approximate surface area is 118 Å². The van der Waals surface area contributed by atoms with Gasteiger partial charge in [-0.25, -0.2) is 0 Å². The van der Waals surface area contributed by atoms with Gasteiger partial charge in [0, 0.05) is 18.4 Å². The molecule has 2 aromatic carbocycles. The Hall–Kier alpha value is -2.13. The molecule has 2 rings (SSSR count). The van der Waals surface area contributed by atoms with Crippen molar-refractivity contribution in [3.8, 4) is 0 Å². The van der Waals surface area contributed by atoms with E-state index in [1.807, 2.05) is 60.7 Å². The molecule has 104 valence electrons. The summed E-state index contributed by atoms with van der Waals surface area (Å²) >= 11 is 0. The summed E-state index contributed by atoms with van der Waals surface area (Å²) in [6, 6.07) is 19.5. The highest BCUT2D eigenvalue weighted by atomic mass is 16.4. The van der Waals surface area contributed by atoms with Gasteiger partial charge in [0.05, 0.1) is 6.42 Å². The normalized spacial score (nSPS) is 12.3. The maximum absolute atomic E-state index is 11.0. The molecule has 0 fully saturated rings. The van der Waals surface area contributed by atoms with E-state index in [1.165, 1.54) is 0 Å². The number of hydrogen-bond donors (Lipinski definition) is 2. The van der Waals surface area contributed by atoms with Gasteiger partial charge in [0.15, 0.2) is 0 Å². The number of aliphatic carboxylic acids is 1. The molecule has 0 heterocycles. The van der Waals surface area contributed by atoms with E-state index >= 15 is 0 Å². The molecule has 1 atom stereocenters. The first-order valence-electron chi connectivity index (χ1n) is 6.65. The third kappa shape index (κ3) is 3.45. The minimum atomic E-state index is -0.888. The van der Waals surface area contributed by atoms with Gasteiger partial charge in [-0.15, -0.1) is 0 Å². The molecule has 20 heavy (non-hydrogen) atoms. The second-order valence-corrected chi connectivity index (χ2v) is 4.84. The maximum atomic E-state index is 11.0. The molecule has 3 heteroatoms. The Morgan fingerprint density at radius 3 is 1.70 bits per heavy atom. The van der Waals surface area contributed by atoms with Crippen molar-refractivity contribution in [1.82, 2.24) is 0 Å². The number of carbonyl (C=O) groups is 1. The molecule has 3 nitrogen and oxygen atoms in total. The van der Waals surface area contributed by atoms with E-state index in [0.717, 1.165) is 11.1 Å². The summed E-state index contributed by atoms with van der Waals surface area (Å²) in [5, 5.41) is 18.7. The summed E-state index contributed by atoms with van der Waals surface area (Å²) < 4.78 is 0. The van der Waals surface area contributed by atoms with Crippen LogP contribution in [0.3, 0.4) is 0 Å². The molecule has 0 aliphatic rings. The summed E-state index contributed by atoms with van der Waals surface area (Å²) in [6.07, 6.45) is -0.0506. The average molecular weight is 270 g/mol. The zero-order valence-corrected chi connectivity index (χ0v) is 11.1. The molecule has 0 aromatic heterocycles. The minimum Gasteiger partial charge on any atom is -0.481 e. The Morgan fingerprint density at radius 1 is 0.900 bits per heavy atom. The summed E-state index contributed by atoms with van der Waals surface area (Å²) in [4.78, 5) is 11.0. The highest BCUT2D eigenvalue weighted by Gasteiger charge is 2.26. The van der Waals surface area contributed by atoms with Gasteiger partial charge in [0.25, 0.3) is 0 Å². The van der Waals surface area contributed by atoms with E-state index in [-0.39, 0.29) is 24.9 Å². The lowest BCUT2D eigenvalue weighted by Gasteiger charge is -2.25. The molecule has 0 bridgehead atoms. The van der Waals surface area contributed by atoms with Gasteiger partial charge in [-0.1, -0.05) is 60.7 Å². The van der Waals surface area contributed by atoms with E-state index in [4.69, 9.17) is 5.11 Å². The molecule has 0 radical (unpaired) electrons. The second-order valence-electron chi connectivity index (χ2n) is 4.84. The van der Waals surface area contributed by atoms with Gasteiger partial charge in [-0.3, -0.25) is 4.79 Å². The van der Waals surface area contributed by atoms with Gasteiger partial charge in [-0.2, -0.15) is 0 Å². The van der Waals surface area contributed by atoms with Crippen LogP contribution in [0.5, 0.6) is 0 Å². The minimum absolute atomic E-state index is 0.0506. The van der Waals surface area contributed by atoms with Gasteiger partial charge < -0.3 is 10.2 Å². The predicted octanol–water partition coefficient (Wildman–Crippen LogP) is 2.90. The molecule has 0 saturated carbocycles. The second kappa shape index (κ2) is 6.87. The van der Waals surface area contributed by atoms with E-state index in [1.54, 1.807) is 0 Å². The fraction of sp³-hybridized carbons (Fsp3) is 0.235. The first kappa shape index (κ1) is 14.3. The summed E-state index contributed by atoms with van der Waals surface area (Å²) in [6.45, 7) is -0.152. The summed E-state index contributed by atoms with van der Waals surface area (Å²) in [5.41, 5.74) is 2.05. The largest absolute Gasteiger partial charge is 0.481 e. The SMILES string of the molecule is O=C(O)CC(CO)C(c1ccccc1)c1ccccc1. The van der Waals surface area contributed by atoms with Gasteiger partial charge in [0.1, 0.15) is 0 Å². The molecule has 0 spiro atoms.